The van der Waals surface area contributed by atoms with Crippen LogP contribution in [0.3, 0.4) is 0 Å². The fourth-order valence-electron chi connectivity index (χ4n) is 2.85. The van der Waals surface area contributed by atoms with Crippen molar-refractivity contribution >= 4 is 44.6 Å². The van der Waals surface area contributed by atoms with E-state index in [4.69, 9.17) is 4.99 Å². The van der Waals surface area contributed by atoms with Crippen LogP contribution in [0.5, 0.6) is 0 Å². The van der Waals surface area contributed by atoms with Crippen LogP contribution in [0, 0.1) is 0 Å². The number of nitrogens with zero attached hydrogens (tertiary/aromatic N) is 1. The summed E-state index contributed by atoms with van der Waals surface area (Å²) in [6.45, 7) is 2.24. The highest BCUT2D eigenvalue weighted by molar-refractivity contribution is 8.42. The number of aliphatic imine (C=N–C) groups is 1. The third-order valence-corrected chi connectivity index (χ3v) is 6.50. The van der Waals surface area contributed by atoms with Gasteiger partial charge in [0.05, 0.1) is 5.69 Å². The van der Waals surface area contributed by atoms with Gasteiger partial charge >= 0.3 is 0 Å². The molecule has 128 valence electrons. The molecule has 0 saturated heterocycles. The van der Waals surface area contributed by atoms with E-state index in [1.165, 1.54) is 21.6 Å². The Kier molecular flexibility index (Phi) is 5.28. The second-order valence-electron chi connectivity index (χ2n) is 6.09. The molecule has 0 amide bonds. The van der Waals surface area contributed by atoms with Crippen LogP contribution in [0.25, 0.3) is 11.0 Å². The van der Waals surface area contributed by atoms with Crippen molar-refractivity contribution in [2.75, 3.05) is 0 Å². The first-order valence-electron chi connectivity index (χ1n) is 8.64. The van der Waals surface area contributed by atoms with Gasteiger partial charge in [-0.2, -0.15) is 0 Å². The van der Waals surface area contributed by atoms with Gasteiger partial charge in [0.15, 0.2) is 0 Å². The summed E-state index contributed by atoms with van der Waals surface area (Å²) < 4.78 is 1.10. The molecule has 3 aromatic carbocycles. The molecule has 0 aliphatic carbocycles. The summed E-state index contributed by atoms with van der Waals surface area (Å²) in [5.41, 5.74) is 4.80. The summed E-state index contributed by atoms with van der Waals surface area (Å²) >= 11 is 3.59. The standard InChI is InChI=1S/C23H19NS2/c1-17(19-12-6-3-7-13-19)25-23-24-21-15-9-8-14-20(21)22(26-23)16-18-10-4-2-5-11-18/h2-17H,1H3/b22-16-. The number of fused-ring (bicyclic) bond motifs is 1. The van der Waals surface area contributed by atoms with E-state index in [1.54, 1.807) is 11.8 Å². The highest BCUT2D eigenvalue weighted by Crippen LogP contribution is 2.46. The molecule has 1 atom stereocenters. The van der Waals surface area contributed by atoms with Crippen molar-refractivity contribution in [2.24, 2.45) is 4.99 Å². The molecule has 1 unspecified atom stereocenters. The molecule has 0 radical (unpaired) electrons. The zero-order valence-electron chi connectivity index (χ0n) is 14.5. The lowest BCUT2D eigenvalue weighted by molar-refractivity contribution is 1.11. The van der Waals surface area contributed by atoms with Gasteiger partial charge in [0.1, 0.15) is 4.38 Å². The maximum atomic E-state index is 4.90. The molecule has 0 aromatic heterocycles. The van der Waals surface area contributed by atoms with E-state index in [1.807, 2.05) is 17.8 Å². The minimum absolute atomic E-state index is 0.366. The van der Waals surface area contributed by atoms with Crippen molar-refractivity contribution in [3.05, 3.63) is 102 Å². The topological polar surface area (TPSA) is 12.4 Å². The number of hydrogen-bond acceptors (Lipinski definition) is 3. The van der Waals surface area contributed by atoms with Crippen molar-refractivity contribution in [1.29, 1.82) is 0 Å². The molecule has 1 nitrogen and oxygen atoms in total. The average molecular weight is 374 g/mol. The number of thioether (sulfide) groups is 2. The van der Waals surface area contributed by atoms with Gasteiger partial charge < -0.3 is 0 Å². The van der Waals surface area contributed by atoms with Crippen molar-refractivity contribution < 1.29 is 0 Å². The van der Waals surface area contributed by atoms with Crippen LogP contribution in [0.15, 0.2) is 89.9 Å². The van der Waals surface area contributed by atoms with Crippen LogP contribution in [0.4, 0.5) is 5.69 Å². The van der Waals surface area contributed by atoms with E-state index < -0.39 is 0 Å². The third kappa shape index (κ3) is 3.95. The van der Waals surface area contributed by atoms with Gasteiger partial charge in [-0.1, -0.05) is 102 Å². The summed E-state index contributed by atoms with van der Waals surface area (Å²) in [7, 11) is 0. The van der Waals surface area contributed by atoms with E-state index in [0.717, 1.165) is 10.1 Å². The van der Waals surface area contributed by atoms with Crippen LogP contribution in [-0.2, 0) is 0 Å². The average Bonchev–Trinajstić information content (AvgIpc) is 2.69. The molecule has 0 bridgehead atoms. The van der Waals surface area contributed by atoms with E-state index in [0.29, 0.717) is 5.25 Å². The molecule has 0 fully saturated rings. The first-order chi connectivity index (χ1) is 12.8. The Labute approximate surface area is 163 Å². The van der Waals surface area contributed by atoms with E-state index in [2.05, 4.69) is 91.9 Å². The maximum Gasteiger partial charge on any atom is 0.135 e. The minimum atomic E-state index is 0.366. The highest BCUT2D eigenvalue weighted by Gasteiger charge is 2.20. The quantitative estimate of drug-likeness (QED) is 0.474. The Hall–Kier alpha value is -2.23. The zero-order valence-corrected chi connectivity index (χ0v) is 16.1. The minimum Gasteiger partial charge on any atom is -0.234 e. The van der Waals surface area contributed by atoms with Gasteiger partial charge in [-0.25, -0.2) is 4.99 Å². The highest BCUT2D eigenvalue weighted by atomic mass is 32.2. The Morgan fingerprint density at radius 2 is 1.50 bits per heavy atom. The van der Waals surface area contributed by atoms with Gasteiger partial charge in [-0.15, -0.1) is 0 Å². The largest absolute Gasteiger partial charge is 0.234 e. The number of rotatable bonds is 3. The Bertz CT molecular complexity index is 946. The molecule has 0 spiro atoms. The summed E-state index contributed by atoms with van der Waals surface area (Å²) in [6, 6.07) is 29.5. The normalized spacial score (nSPS) is 16.0. The third-order valence-electron chi connectivity index (χ3n) is 4.22. The van der Waals surface area contributed by atoms with Gasteiger partial charge in [0, 0.05) is 15.7 Å². The second kappa shape index (κ2) is 7.98. The van der Waals surface area contributed by atoms with Gasteiger partial charge in [0.2, 0.25) is 0 Å². The lowest BCUT2D eigenvalue weighted by Gasteiger charge is -2.20. The van der Waals surface area contributed by atoms with Crippen LogP contribution in [-0.4, -0.2) is 4.38 Å². The van der Waals surface area contributed by atoms with Crippen LogP contribution < -0.4 is 0 Å². The molecular weight excluding hydrogens is 354 g/mol. The second-order valence-corrected chi connectivity index (χ2v) is 8.71. The molecule has 26 heavy (non-hydrogen) atoms. The molecule has 1 heterocycles. The number of para-hydroxylation sites is 1. The molecule has 3 heteroatoms. The Morgan fingerprint density at radius 1 is 0.846 bits per heavy atom. The summed E-state index contributed by atoms with van der Waals surface area (Å²) in [4.78, 5) is 6.16. The molecular formula is C23H19NS2. The maximum absolute atomic E-state index is 4.90. The molecule has 1 aliphatic heterocycles. The summed E-state index contributed by atoms with van der Waals surface area (Å²) in [5.74, 6) is 0. The van der Waals surface area contributed by atoms with Gasteiger partial charge in [-0.3, -0.25) is 0 Å². The SMILES string of the molecule is CC(SC1=Nc2ccccc2/C(=C/c2ccccc2)S1)c1ccccc1. The Morgan fingerprint density at radius 3 is 2.27 bits per heavy atom. The first kappa shape index (κ1) is 17.2. The number of hydrogen-bond donors (Lipinski definition) is 0. The van der Waals surface area contributed by atoms with Crippen LogP contribution >= 0.6 is 23.5 Å². The smallest absolute Gasteiger partial charge is 0.135 e. The lowest BCUT2D eigenvalue weighted by Crippen LogP contribution is -1.98. The molecule has 3 aromatic rings. The van der Waals surface area contributed by atoms with Crippen LogP contribution in [0.1, 0.15) is 28.9 Å². The Balaban J connectivity index is 1.65. The van der Waals surface area contributed by atoms with Crippen LogP contribution in [0.2, 0.25) is 0 Å². The monoisotopic (exact) mass is 373 g/mol. The van der Waals surface area contributed by atoms with E-state index in [9.17, 15) is 0 Å². The van der Waals surface area contributed by atoms with Crippen molar-refractivity contribution in [3.63, 3.8) is 0 Å². The van der Waals surface area contributed by atoms with Crippen molar-refractivity contribution in [2.45, 2.75) is 12.2 Å². The fraction of sp³-hybridized carbons (Fsp3) is 0.0870. The van der Waals surface area contributed by atoms with Gasteiger partial charge in [0.25, 0.3) is 0 Å². The molecule has 0 saturated carbocycles. The first-order valence-corrected chi connectivity index (χ1v) is 10.3. The van der Waals surface area contributed by atoms with E-state index in [-0.39, 0.29) is 0 Å². The fourth-order valence-corrected chi connectivity index (χ4v) is 5.30. The summed E-state index contributed by atoms with van der Waals surface area (Å²) in [6.07, 6.45) is 2.26. The summed E-state index contributed by atoms with van der Waals surface area (Å²) in [5, 5.41) is 0.366. The molecule has 0 N–H and O–H groups in total. The predicted molar refractivity (Wildman–Crippen MR) is 118 cm³/mol. The van der Waals surface area contributed by atoms with Gasteiger partial charge in [-0.05, 0) is 30.2 Å². The van der Waals surface area contributed by atoms with Crippen molar-refractivity contribution in [1.82, 2.24) is 0 Å². The molecule has 4 rings (SSSR count). The van der Waals surface area contributed by atoms with Crippen molar-refractivity contribution in [3.8, 4) is 0 Å². The van der Waals surface area contributed by atoms with E-state index >= 15 is 0 Å². The molecule has 1 aliphatic rings. The lowest BCUT2D eigenvalue weighted by atomic mass is 10.1. The predicted octanol–water partition coefficient (Wildman–Crippen LogP) is 7.41. The number of benzene rings is 3. The zero-order chi connectivity index (χ0) is 17.8.